The highest BCUT2D eigenvalue weighted by atomic mass is 19.4. The first-order valence-corrected chi connectivity index (χ1v) is 5.92. The quantitative estimate of drug-likeness (QED) is 0.533. The van der Waals surface area contributed by atoms with Gasteiger partial charge in [-0.25, -0.2) is 0 Å². The largest absolute Gasteiger partial charge is 0.416 e. The van der Waals surface area contributed by atoms with Crippen molar-refractivity contribution in [1.82, 2.24) is 4.98 Å². The number of halogens is 3. The fraction of sp³-hybridized carbons (Fsp3) is 0.0769. The molecule has 1 N–H and O–H groups in total. The average molecular weight is 310 g/mol. The van der Waals surface area contributed by atoms with Gasteiger partial charge in [-0.1, -0.05) is 6.07 Å². The molecule has 22 heavy (non-hydrogen) atoms. The van der Waals surface area contributed by atoms with Crippen molar-refractivity contribution in [2.24, 2.45) is 5.10 Å². The minimum Gasteiger partial charge on any atom is -0.272 e. The molecule has 0 radical (unpaired) electrons. The van der Waals surface area contributed by atoms with Crippen molar-refractivity contribution in [2.45, 2.75) is 6.18 Å². The zero-order chi connectivity index (χ0) is 16.2. The van der Waals surface area contributed by atoms with E-state index in [1.54, 1.807) is 18.3 Å². The van der Waals surface area contributed by atoms with Gasteiger partial charge >= 0.3 is 6.18 Å². The van der Waals surface area contributed by atoms with E-state index in [1.165, 1.54) is 12.4 Å². The molecule has 114 valence electrons. The number of alkyl halides is 3. The second kappa shape index (κ2) is 6.20. The molecule has 1 heterocycles. The SMILES string of the molecule is O=[N+]([O-])c1cc(C(F)(F)F)ccc1N/N=C/c1cccnc1. The van der Waals surface area contributed by atoms with Crippen LogP contribution in [0.15, 0.2) is 47.8 Å². The van der Waals surface area contributed by atoms with Crippen molar-refractivity contribution in [1.29, 1.82) is 0 Å². The third kappa shape index (κ3) is 3.78. The number of hydrogen-bond acceptors (Lipinski definition) is 5. The number of nitro benzene ring substituents is 1. The standard InChI is InChI=1S/C13H9F3N4O2/c14-13(15,16)10-3-4-11(12(6-10)20(21)22)19-18-8-9-2-1-5-17-7-9/h1-8,19H/b18-8+. The van der Waals surface area contributed by atoms with Crippen LogP contribution in [0.1, 0.15) is 11.1 Å². The van der Waals surface area contributed by atoms with Crippen molar-refractivity contribution in [3.05, 3.63) is 64.0 Å². The lowest BCUT2D eigenvalue weighted by Gasteiger charge is -2.08. The van der Waals surface area contributed by atoms with Gasteiger partial charge in [0.1, 0.15) is 5.69 Å². The highest BCUT2D eigenvalue weighted by molar-refractivity contribution is 5.80. The van der Waals surface area contributed by atoms with Crippen LogP contribution in [0.2, 0.25) is 0 Å². The molecule has 0 saturated carbocycles. The summed E-state index contributed by atoms with van der Waals surface area (Å²) in [5, 5.41) is 14.6. The fourth-order valence-electron chi connectivity index (χ4n) is 1.58. The summed E-state index contributed by atoms with van der Waals surface area (Å²) >= 11 is 0. The summed E-state index contributed by atoms with van der Waals surface area (Å²) in [5.41, 5.74) is 1.04. The second-order valence-corrected chi connectivity index (χ2v) is 4.14. The van der Waals surface area contributed by atoms with Crippen LogP contribution in [0.25, 0.3) is 0 Å². The van der Waals surface area contributed by atoms with E-state index in [9.17, 15) is 23.3 Å². The summed E-state index contributed by atoms with van der Waals surface area (Å²) in [5.74, 6) is 0. The molecule has 2 aromatic rings. The van der Waals surface area contributed by atoms with Gasteiger partial charge in [-0.05, 0) is 18.2 Å². The van der Waals surface area contributed by atoms with Crippen LogP contribution in [0.5, 0.6) is 0 Å². The van der Waals surface area contributed by atoms with E-state index in [1.807, 2.05) is 0 Å². The van der Waals surface area contributed by atoms with Crippen molar-refractivity contribution < 1.29 is 18.1 Å². The first kappa shape index (κ1) is 15.4. The Morgan fingerprint density at radius 3 is 2.68 bits per heavy atom. The Morgan fingerprint density at radius 1 is 1.32 bits per heavy atom. The molecular formula is C13H9F3N4O2. The summed E-state index contributed by atoms with van der Waals surface area (Å²) in [6.45, 7) is 0. The van der Waals surface area contributed by atoms with E-state index in [0.29, 0.717) is 11.6 Å². The number of hydrazone groups is 1. The Bertz CT molecular complexity index is 702. The summed E-state index contributed by atoms with van der Waals surface area (Å²) in [7, 11) is 0. The molecule has 0 unspecified atom stereocenters. The number of nitrogens with one attached hydrogen (secondary N) is 1. The summed E-state index contributed by atoms with van der Waals surface area (Å²) < 4.78 is 37.7. The van der Waals surface area contributed by atoms with Crippen LogP contribution in [0.3, 0.4) is 0 Å². The zero-order valence-electron chi connectivity index (χ0n) is 10.9. The first-order valence-electron chi connectivity index (χ1n) is 5.92. The van der Waals surface area contributed by atoms with E-state index in [0.717, 1.165) is 12.1 Å². The molecule has 0 amide bonds. The van der Waals surface area contributed by atoms with Gasteiger partial charge in [0.25, 0.3) is 5.69 Å². The number of benzene rings is 1. The molecule has 9 heteroatoms. The van der Waals surface area contributed by atoms with Gasteiger partial charge in [0, 0.05) is 24.0 Å². The summed E-state index contributed by atoms with van der Waals surface area (Å²) in [4.78, 5) is 13.8. The Labute approximate surface area is 122 Å². The lowest BCUT2D eigenvalue weighted by atomic mass is 10.1. The molecule has 0 aliphatic rings. The van der Waals surface area contributed by atoms with Crippen LogP contribution in [0, 0.1) is 10.1 Å². The van der Waals surface area contributed by atoms with Gasteiger partial charge in [-0.3, -0.25) is 20.5 Å². The average Bonchev–Trinajstić information content (AvgIpc) is 2.47. The maximum absolute atomic E-state index is 12.6. The second-order valence-electron chi connectivity index (χ2n) is 4.14. The smallest absolute Gasteiger partial charge is 0.272 e. The molecule has 0 fully saturated rings. The molecule has 2 rings (SSSR count). The van der Waals surface area contributed by atoms with Crippen molar-refractivity contribution in [3.63, 3.8) is 0 Å². The fourth-order valence-corrected chi connectivity index (χ4v) is 1.58. The van der Waals surface area contributed by atoms with Crippen LogP contribution < -0.4 is 5.43 Å². The summed E-state index contributed by atoms with van der Waals surface area (Å²) in [6, 6.07) is 5.53. The Kier molecular flexibility index (Phi) is 4.35. The van der Waals surface area contributed by atoms with Gasteiger partial charge in [-0.15, -0.1) is 0 Å². The molecule has 0 bridgehead atoms. The predicted molar refractivity (Wildman–Crippen MR) is 73.6 cm³/mol. The van der Waals surface area contributed by atoms with E-state index < -0.39 is 22.4 Å². The molecule has 6 nitrogen and oxygen atoms in total. The van der Waals surface area contributed by atoms with Crippen LogP contribution in [0.4, 0.5) is 24.5 Å². The van der Waals surface area contributed by atoms with Gasteiger partial charge in [0.2, 0.25) is 0 Å². The van der Waals surface area contributed by atoms with Gasteiger partial charge < -0.3 is 0 Å². The monoisotopic (exact) mass is 310 g/mol. The lowest BCUT2D eigenvalue weighted by Crippen LogP contribution is -2.06. The molecule has 0 spiro atoms. The van der Waals surface area contributed by atoms with Crippen LogP contribution in [-0.2, 0) is 6.18 Å². The van der Waals surface area contributed by atoms with Crippen molar-refractivity contribution >= 4 is 17.6 Å². The number of rotatable bonds is 4. The minimum absolute atomic E-state index is 0.141. The van der Waals surface area contributed by atoms with Gasteiger partial charge in [-0.2, -0.15) is 18.3 Å². The highest BCUT2D eigenvalue weighted by Gasteiger charge is 2.33. The number of hydrogen-bond donors (Lipinski definition) is 1. The maximum Gasteiger partial charge on any atom is 0.416 e. The molecule has 0 aliphatic heterocycles. The lowest BCUT2D eigenvalue weighted by molar-refractivity contribution is -0.384. The van der Waals surface area contributed by atoms with E-state index in [2.05, 4.69) is 15.5 Å². The topological polar surface area (TPSA) is 80.4 Å². The summed E-state index contributed by atoms with van der Waals surface area (Å²) in [6.07, 6.45) is -0.242. The Morgan fingerprint density at radius 2 is 2.09 bits per heavy atom. The highest BCUT2D eigenvalue weighted by Crippen LogP contribution is 2.34. The van der Waals surface area contributed by atoms with Crippen LogP contribution >= 0.6 is 0 Å². The molecule has 0 aliphatic carbocycles. The van der Waals surface area contributed by atoms with E-state index in [-0.39, 0.29) is 5.69 Å². The molecule has 1 aromatic heterocycles. The third-order valence-electron chi connectivity index (χ3n) is 2.60. The molecule has 0 atom stereocenters. The number of anilines is 1. The molecule has 0 saturated heterocycles. The molecular weight excluding hydrogens is 301 g/mol. The Hall–Kier alpha value is -2.97. The van der Waals surface area contributed by atoms with Gasteiger partial charge in [0.15, 0.2) is 0 Å². The van der Waals surface area contributed by atoms with E-state index >= 15 is 0 Å². The third-order valence-corrected chi connectivity index (χ3v) is 2.60. The predicted octanol–water partition coefficient (Wildman–Crippen LogP) is 3.45. The van der Waals surface area contributed by atoms with Crippen molar-refractivity contribution in [2.75, 3.05) is 5.43 Å². The zero-order valence-corrected chi connectivity index (χ0v) is 10.9. The Balaban J connectivity index is 2.24. The van der Waals surface area contributed by atoms with E-state index in [4.69, 9.17) is 0 Å². The maximum atomic E-state index is 12.6. The van der Waals surface area contributed by atoms with Gasteiger partial charge in [0.05, 0.1) is 16.7 Å². The minimum atomic E-state index is -4.65. The number of nitrogens with zero attached hydrogens (tertiary/aromatic N) is 3. The normalized spacial score (nSPS) is 11.6. The number of nitro groups is 1. The number of pyridine rings is 1. The molecule has 1 aromatic carbocycles. The number of aromatic nitrogens is 1. The van der Waals surface area contributed by atoms with Crippen molar-refractivity contribution in [3.8, 4) is 0 Å². The van der Waals surface area contributed by atoms with Crippen LogP contribution in [-0.4, -0.2) is 16.1 Å². The first-order chi connectivity index (χ1) is 10.4.